The Balaban J connectivity index is 0.000000129. The minimum atomic E-state index is -1.01. The zero-order valence-electron chi connectivity index (χ0n) is 19.0. The molecule has 0 atom stereocenters. The van der Waals surface area contributed by atoms with Crippen LogP contribution in [-0.4, -0.2) is 20.8 Å². The standard InChI is InChI=1S/C18H18.C12H8N2O2/c1-3-7-15-13(5-1)9-11-18-16-8-4-2-6-14(16)10-12-17(15)18;15-12(16)14-6-5-9-8-3-1-2-4-10(8)13-11(9)7-14/h5,7,9-12H,1-4,6,8H2;1-7H,(H,15,16). The van der Waals surface area contributed by atoms with E-state index in [1.165, 1.54) is 72.1 Å². The predicted molar refractivity (Wildman–Crippen MR) is 138 cm³/mol. The number of aryl methyl sites for hydroxylation is 2. The van der Waals surface area contributed by atoms with Gasteiger partial charge in [-0.05, 0) is 83.0 Å². The van der Waals surface area contributed by atoms with Gasteiger partial charge >= 0.3 is 6.09 Å². The van der Waals surface area contributed by atoms with Crippen LogP contribution in [0.3, 0.4) is 0 Å². The molecule has 34 heavy (non-hydrogen) atoms. The number of aromatic nitrogens is 2. The minimum absolute atomic E-state index is 0.700. The second kappa shape index (κ2) is 8.45. The summed E-state index contributed by atoms with van der Waals surface area (Å²) in [5, 5.41) is 15.8. The van der Waals surface area contributed by atoms with Gasteiger partial charge in [0.25, 0.3) is 0 Å². The minimum Gasteiger partial charge on any atom is -0.464 e. The molecule has 0 saturated heterocycles. The van der Waals surface area contributed by atoms with Crippen molar-refractivity contribution in [2.24, 2.45) is 0 Å². The number of hydrogen-bond acceptors (Lipinski definition) is 2. The van der Waals surface area contributed by atoms with E-state index in [2.05, 4.69) is 41.4 Å². The van der Waals surface area contributed by atoms with Gasteiger partial charge in [0.05, 0.1) is 11.2 Å². The maximum atomic E-state index is 10.8. The van der Waals surface area contributed by atoms with E-state index in [1.54, 1.807) is 17.2 Å². The molecule has 3 aromatic rings. The Morgan fingerprint density at radius 3 is 2.59 bits per heavy atom. The fourth-order valence-electron chi connectivity index (χ4n) is 5.42. The molecule has 4 nitrogen and oxygen atoms in total. The smallest absolute Gasteiger partial charge is 0.415 e. The van der Waals surface area contributed by atoms with Crippen LogP contribution in [0.15, 0.2) is 67.0 Å². The Kier molecular flexibility index (Phi) is 5.14. The molecule has 4 heteroatoms. The number of nitrogens with zero attached hydrogens (tertiary/aromatic N) is 2. The van der Waals surface area contributed by atoms with Gasteiger partial charge in [-0.1, -0.05) is 54.6 Å². The van der Waals surface area contributed by atoms with Crippen molar-refractivity contribution >= 4 is 39.9 Å². The Hall–Kier alpha value is -3.92. The average molecular weight is 447 g/mol. The summed E-state index contributed by atoms with van der Waals surface area (Å²) in [7, 11) is 0. The largest absolute Gasteiger partial charge is 0.464 e. The number of para-hydroxylation sites is 1. The second-order valence-corrected chi connectivity index (χ2v) is 9.12. The van der Waals surface area contributed by atoms with Crippen LogP contribution >= 0.6 is 0 Å². The van der Waals surface area contributed by atoms with E-state index < -0.39 is 6.09 Å². The summed E-state index contributed by atoms with van der Waals surface area (Å²) in [6.45, 7) is 0. The first-order valence-corrected chi connectivity index (χ1v) is 12.0. The van der Waals surface area contributed by atoms with Gasteiger partial charge < -0.3 is 5.11 Å². The van der Waals surface area contributed by atoms with Crippen LogP contribution in [-0.2, 0) is 12.8 Å². The molecule has 3 aromatic carbocycles. The van der Waals surface area contributed by atoms with E-state index in [0.29, 0.717) is 5.69 Å². The first kappa shape index (κ1) is 20.7. The zero-order valence-corrected chi connectivity index (χ0v) is 19.0. The molecule has 168 valence electrons. The quantitative estimate of drug-likeness (QED) is 0.330. The van der Waals surface area contributed by atoms with Crippen molar-refractivity contribution in [2.75, 3.05) is 0 Å². The third-order valence-corrected chi connectivity index (χ3v) is 7.08. The van der Waals surface area contributed by atoms with E-state index in [-0.39, 0.29) is 0 Å². The van der Waals surface area contributed by atoms with Crippen LogP contribution < -0.4 is 10.4 Å². The highest BCUT2D eigenvalue weighted by molar-refractivity contribution is 5.97. The number of fused-ring (bicyclic) bond motifs is 8. The van der Waals surface area contributed by atoms with E-state index in [1.807, 2.05) is 24.3 Å². The van der Waals surface area contributed by atoms with Crippen molar-refractivity contribution in [1.29, 1.82) is 0 Å². The molecular formula is C30H26N2O2. The molecule has 0 amide bonds. The summed E-state index contributed by atoms with van der Waals surface area (Å²) in [5.41, 5.74) is 5.79. The third kappa shape index (κ3) is 3.56. The molecule has 0 unspecified atom stereocenters. The van der Waals surface area contributed by atoms with Crippen LogP contribution in [0, 0.1) is 0 Å². The molecule has 2 aliphatic carbocycles. The zero-order chi connectivity index (χ0) is 23.1. The fourth-order valence-corrected chi connectivity index (χ4v) is 5.42. The Bertz CT molecular complexity index is 1640. The van der Waals surface area contributed by atoms with Gasteiger partial charge in [0.15, 0.2) is 0 Å². The van der Waals surface area contributed by atoms with E-state index in [0.717, 1.165) is 21.0 Å². The number of pyridine rings is 1. The SMILES string of the molecule is C1=c2ccc3c4c(ccc3c2=CCC1)CCCC4.O=C(O)n1ccc2c3ccccc3nc-2c1. The molecule has 0 bridgehead atoms. The molecule has 0 radical (unpaired) electrons. The van der Waals surface area contributed by atoms with Crippen LogP contribution in [0.2, 0.25) is 0 Å². The normalized spacial score (nSPS) is 14.5. The molecular weight excluding hydrogens is 420 g/mol. The van der Waals surface area contributed by atoms with E-state index in [9.17, 15) is 4.79 Å². The molecule has 0 saturated carbocycles. The van der Waals surface area contributed by atoms with Gasteiger partial charge in [0, 0.05) is 23.3 Å². The number of benzene rings is 3. The lowest BCUT2D eigenvalue weighted by Crippen LogP contribution is -2.27. The predicted octanol–water partition coefficient (Wildman–Crippen LogP) is 5.74. The van der Waals surface area contributed by atoms with Crippen LogP contribution in [0.4, 0.5) is 4.79 Å². The summed E-state index contributed by atoms with van der Waals surface area (Å²) >= 11 is 0. The van der Waals surface area contributed by atoms with Gasteiger partial charge in [-0.3, -0.25) is 4.57 Å². The molecule has 2 heterocycles. The molecule has 7 rings (SSSR count). The first-order valence-electron chi connectivity index (χ1n) is 12.0. The highest BCUT2D eigenvalue weighted by Gasteiger charge is 2.14. The maximum Gasteiger partial charge on any atom is 0.415 e. The van der Waals surface area contributed by atoms with Crippen molar-refractivity contribution in [2.45, 2.75) is 38.5 Å². The number of rotatable bonds is 0. The van der Waals surface area contributed by atoms with Gasteiger partial charge in [0.2, 0.25) is 0 Å². The molecule has 1 N–H and O–H groups in total. The summed E-state index contributed by atoms with van der Waals surface area (Å²) in [4.78, 5) is 15.2. The monoisotopic (exact) mass is 446 g/mol. The van der Waals surface area contributed by atoms with Crippen molar-refractivity contribution in [3.05, 3.63) is 88.6 Å². The molecule has 0 aromatic heterocycles. The van der Waals surface area contributed by atoms with Crippen LogP contribution in [0.25, 0.3) is 45.1 Å². The van der Waals surface area contributed by atoms with E-state index in [4.69, 9.17) is 5.11 Å². The Morgan fingerprint density at radius 2 is 1.68 bits per heavy atom. The lowest BCUT2D eigenvalue weighted by molar-refractivity contribution is 0.196. The van der Waals surface area contributed by atoms with E-state index >= 15 is 0 Å². The summed E-state index contributed by atoms with van der Waals surface area (Å²) in [6, 6.07) is 18.9. The molecule has 0 fully saturated rings. The lowest BCUT2D eigenvalue weighted by atomic mass is 9.86. The highest BCUT2D eigenvalue weighted by Crippen LogP contribution is 2.30. The maximum absolute atomic E-state index is 10.8. The molecule has 4 aliphatic rings. The number of carboxylic acid groups (broad SMARTS) is 1. The first-order chi connectivity index (χ1) is 16.7. The van der Waals surface area contributed by atoms with Crippen molar-refractivity contribution in [1.82, 2.24) is 9.55 Å². The highest BCUT2D eigenvalue weighted by atomic mass is 16.4. The van der Waals surface area contributed by atoms with Crippen molar-refractivity contribution < 1.29 is 9.90 Å². The van der Waals surface area contributed by atoms with Gasteiger partial charge in [0.1, 0.15) is 0 Å². The molecule has 2 aliphatic heterocycles. The van der Waals surface area contributed by atoms with Crippen LogP contribution in [0.5, 0.6) is 0 Å². The van der Waals surface area contributed by atoms with Crippen LogP contribution in [0.1, 0.15) is 36.8 Å². The number of carbonyl (C=O) groups is 1. The van der Waals surface area contributed by atoms with Gasteiger partial charge in [-0.2, -0.15) is 0 Å². The van der Waals surface area contributed by atoms with Crippen molar-refractivity contribution in [3.8, 4) is 11.3 Å². The third-order valence-electron chi connectivity index (χ3n) is 7.08. The van der Waals surface area contributed by atoms with Crippen molar-refractivity contribution in [3.63, 3.8) is 0 Å². The van der Waals surface area contributed by atoms with Gasteiger partial charge in [-0.15, -0.1) is 0 Å². The second-order valence-electron chi connectivity index (χ2n) is 9.12. The number of hydrogen-bond donors (Lipinski definition) is 1. The Labute approximate surface area is 197 Å². The Morgan fingerprint density at radius 1 is 0.853 bits per heavy atom. The lowest BCUT2D eigenvalue weighted by Gasteiger charge is -2.18. The topological polar surface area (TPSA) is 55.1 Å². The summed E-state index contributed by atoms with van der Waals surface area (Å²) < 4.78 is 1.11. The summed E-state index contributed by atoms with van der Waals surface area (Å²) in [5.74, 6) is 0. The average Bonchev–Trinajstić information content (AvgIpc) is 3.26. The fraction of sp³-hybridized carbons (Fsp3) is 0.200. The molecule has 0 spiro atoms. The summed E-state index contributed by atoms with van der Waals surface area (Å²) in [6.07, 6.45) is 14.5. The van der Waals surface area contributed by atoms with Gasteiger partial charge in [-0.25, -0.2) is 9.78 Å².